The lowest BCUT2D eigenvalue weighted by atomic mass is 10.2. The maximum absolute atomic E-state index is 12.3. The smallest absolute Gasteiger partial charge is 0.273 e. The molecular weight excluding hydrogens is 336 g/mol. The normalized spacial score (nSPS) is 12.0. The van der Waals surface area contributed by atoms with Crippen molar-refractivity contribution in [2.75, 3.05) is 13.9 Å². The fourth-order valence-corrected chi connectivity index (χ4v) is 2.55. The lowest BCUT2D eigenvalue weighted by Crippen LogP contribution is -2.23. The molecule has 0 radical (unpaired) electrons. The van der Waals surface area contributed by atoms with Crippen LogP contribution in [0, 0.1) is 0 Å². The number of aromatic nitrogens is 3. The minimum absolute atomic E-state index is 0.222. The highest BCUT2D eigenvalue weighted by Crippen LogP contribution is 2.32. The van der Waals surface area contributed by atoms with Gasteiger partial charge in [-0.05, 0) is 42.0 Å². The van der Waals surface area contributed by atoms with E-state index in [1.54, 1.807) is 13.3 Å². The van der Waals surface area contributed by atoms with Gasteiger partial charge in [0.2, 0.25) is 6.79 Å². The van der Waals surface area contributed by atoms with E-state index in [4.69, 9.17) is 14.2 Å². The fraction of sp³-hybridized carbons (Fsp3) is 0.167. The molecule has 4 rings (SSSR count). The molecule has 1 aliphatic rings. The van der Waals surface area contributed by atoms with Crippen molar-refractivity contribution in [2.24, 2.45) is 0 Å². The molecule has 1 aromatic heterocycles. The number of rotatable bonds is 5. The monoisotopic (exact) mass is 352 g/mol. The average molecular weight is 352 g/mol. The highest BCUT2D eigenvalue weighted by atomic mass is 16.7. The van der Waals surface area contributed by atoms with E-state index < -0.39 is 0 Å². The Morgan fingerprint density at radius 3 is 2.81 bits per heavy atom. The quantitative estimate of drug-likeness (QED) is 0.755. The molecule has 2 aromatic carbocycles. The molecule has 8 nitrogen and oxygen atoms in total. The number of nitrogens with one attached hydrogen (secondary N) is 1. The third-order valence-electron chi connectivity index (χ3n) is 3.95. The molecule has 0 spiro atoms. The number of carbonyl (C=O) groups excluding carboxylic acids is 1. The number of hydrogen-bond acceptors (Lipinski definition) is 6. The van der Waals surface area contributed by atoms with E-state index in [-0.39, 0.29) is 18.4 Å². The van der Waals surface area contributed by atoms with Gasteiger partial charge in [0.25, 0.3) is 5.91 Å². The van der Waals surface area contributed by atoms with Crippen LogP contribution in [-0.2, 0) is 6.54 Å². The Bertz CT molecular complexity index is 937. The van der Waals surface area contributed by atoms with Crippen molar-refractivity contribution >= 4 is 5.91 Å². The molecule has 0 saturated carbocycles. The van der Waals surface area contributed by atoms with Crippen molar-refractivity contribution < 1.29 is 19.0 Å². The molecule has 26 heavy (non-hydrogen) atoms. The third kappa shape index (κ3) is 3.16. The molecule has 0 saturated heterocycles. The minimum atomic E-state index is -0.303. The zero-order chi connectivity index (χ0) is 17.9. The van der Waals surface area contributed by atoms with Crippen molar-refractivity contribution in [3.8, 4) is 22.9 Å². The molecule has 2 heterocycles. The van der Waals surface area contributed by atoms with Crippen molar-refractivity contribution in [1.82, 2.24) is 20.3 Å². The Morgan fingerprint density at radius 1 is 1.19 bits per heavy atom. The van der Waals surface area contributed by atoms with Gasteiger partial charge in [-0.1, -0.05) is 11.3 Å². The van der Waals surface area contributed by atoms with E-state index in [1.165, 1.54) is 4.68 Å². The predicted molar refractivity (Wildman–Crippen MR) is 91.6 cm³/mol. The van der Waals surface area contributed by atoms with E-state index >= 15 is 0 Å². The van der Waals surface area contributed by atoms with Gasteiger partial charge in [-0.15, -0.1) is 5.10 Å². The molecule has 1 aliphatic heterocycles. The molecule has 3 aromatic rings. The standard InChI is InChI=1S/C18H16N4O4/c1-24-14-5-3-13(4-6-14)22-10-15(20-21-22)18(23)19-9-12-2-7-16-17(8-12)26-11-25-16/h2-8,10H,9,11H2,1H3,(H,19,23). The van der Waals surface area contributed by atoms with Crippen molar-refractivity contribution in [3.63, 3.8) is 0 Å². The molecule has 0 bridgehead atoms. The molecular formula is C18H16N4O4. The third-order valence-corrected chi connectivity index (χ3v) is 3.95. The van der Waals surface area contributed by atoms with E-state index in [0.717, 1.165) is 17.0 Å². The first-order valence-corrected chi connectivity index (χ1v) is 7.96. The van der Waals surface area contributed by atoms with Gasteiger partial charge in [-0.25, -0.2) is 4.68 Å². The summed E-state index contributed by atoms with van der Waals surface area (Å²) in [6.07, 6.45) is 1.58. The molecule has 0 fully saturated rings. The van der Waals surface area contributed by atoms with Crippen molar-refractivity contribution in [1.29, 1.82) is 0 Å². The summed E-state index contributed by atoms with van der Waals surface area (Å²) in [5, 5.41) is 10.7. The van der Waals surface area contributed by atoms with Gasteiger partial charge < -0.3 is 19.5 Å². The summed E-state index contributed by atoms with van der Waals surface area (Å²) >= 11 is 0. The number of carbonyl (C=O) groups is 1. The Balaban J connectivity index is 1.41. The van der Waals surface area contributed by atoms with E-state index in [9.17, 15) is 4.79 Å². The average Bonchev–Trinajstić information content (AvgIpc) is 3.35. The summed E-state index contributed by atoms with van der Waals surface area (Å²) < 4.78 is 17.3. The second-order valence-corrected chi connectivity index (χ2v) is 5.62. The molecule has 1 N–H and O–H groups in total. The number of benzene rings is 2. The van der Waals surface area contributed by atoms with Crippen LogP contribution in [0.3, 0.4) is 0 Å². The van der Waals surface area contributed by atoms with Gasteiger partial charge in [-0.3, -0.25) is 4.79 Å². The lowest BCUT2D eigenvalue weighted by molar-refractivity contribution is 0.0945. The van der Waals surface area contributed by atoms with Crippen LogP contribution in [0.25, 0.3) is 5.69 Å². The van der Waals surface area contributed by atoms with Gasteiger partial charge >= 0.3 is 0 Å². The Labute approximate surface area is 149 Å². The molecule has 8 heteroatoms. The summed E-state index contributed by atoms with van der Waals surface area (Å²) in [6.45, 7) is 0.574. The van der Waals surface area contributed by atoms with Crippen LogP contribution in [0.15, 0.2) is 48.7 Å². The topological polar surface area (TPSA) is 87.5 Å². The lowest BCUT2D eigenvalue weighted by Gasteiger charge is -2.04. The highest BCUT2D eigenvalue weighted by molar-refractivity contribution is 5.91. The first kappa shape index (κ1) is 15.9. The zero-order valence-electron chi connectivity index (χ0n) is 14.0. The summed E-state index contributed by atoms with van der Waals surface area (Å²) in [6, 6.07) is 12.8. The largest absolute Gasteiger partial charge is 0.497 e. The summed E-state index contributed by atoms with van der Waals surface area (Å²) in [7, 11) is 1.60. The van der Waals surface area contributed by atoms with E-state index in [0.29, 0.717) is 18.0 Å². The maximum atomic E-state index is 12.3. The van der Waals surface area contributed by atoms with E-state index in [1.807, 2.05) is 42.5 Å². The van der Waals surface area contributed by atoms with Crippen LogP contribution < -0.4 is 19.5 Å². The number of amides is 1. The highest BCUT2D eigenvalue weighted by Gasteiger charge is 2.15. The Hall–Kier alpha value is -3.55. The van der Waals surface area contributed by atoms with Crippen LogP contribution in [0.2, 0.25) is 0 Å². The summed E-state index contributed by atoms with van der Waals surface area (Å²) in [5.74, 6) is 1.84. The first-order chi connectivity index (χ1) is 12.7. The van der Waals surface area contributed by atoms with Gasteiger partial charge in [0.15, 0.2) is 17.2 Å². The number of nitrogens with zero attached hydrogens (tertiary/aromatic N) is 3. The molecule has 132 valence electrons. The number of methoxy groups -OCH3 is 1. The molecule has 0 aliphatic carbocycles. The van der Waals surface area contributed by atoms with Crippen LogP contribution in [0.5, 0.6) is 17.2 Å². The summed E-state index contributed by atoms with van der Waals surface area (Å²) in [4.78, 5) is 12.3. The fourth-order valence-electron chi connectivity index (χ4n) is 2.55. The second-order valence-electron chi connectivity index (χ2n) is 5.62. The predicted octanol–water partition coefficient (Wildman–Crippen LogP) is 1.93. The molecule has 1 amide bonds. The minimum Gasteiger partial charge on any atom is -0.497 e. The van der Waals surface area contributed by atoms with Crippen LogP contribution in [0.1, 0.15) is 16.1 Å². The van der Waals surface area contributed by atoms with Gasteiger partial charge in [0.1, 0.15) is 5.75 Å². The second kappa shape index (κ2) is 6.75. The van der Waals surface area contributed by atoms with Gasteiger partial charge in [0, 0.05) is 6.54 Å². The molecule has 0 atom stereocenters. The van der Waals surface area contributed by atoms with E-state index in [2.05, 4.69) is 15.6 Å². The number of ether oxygens (including phenoxy) is 3. The number of fused-ring (bicyclic) bond motifs is 1. The van der Waals surface area contributed by atoms with Gasteiger partial charge in [0.05, 0.1) is 19.0 Å². The Kier molecular flexibility index (Phi) is 4.14. The van der Waals surface area contributed by atoms with Crippen LogP contribution >= 0.6 is 0 Å². The first-order valence-electron chi connectivity index (χ1n) is 7.96. The summed E-state index contributed by atoms with van der Waals surface area (Å²) in [5.41, 5.74) is 1.93. The zero-order valence-corrected chi connectivity index (χ0v) is 14.0. The SMILES string of the molecule is COc1ccc(-n2cc(C(=O)NCc3ccc4c(c3)OCO4)nn2)cc1. The van der Waals surface area contributed by atoms with Crippen molar-refractivity contribution in [3.05, 3.63) is 59.9 Å². The van der Waals surface area contributed by atoms with Gasteiger partial charge in [-0.2, -0.15) is 0 Å². The van der Waals surface area contributed by atoms with Crippen molar-refractivity contribution in [2.45, 2.75) is 6.54 Å². The van der Waals surface area contributed by atoms with Crippen LogP contribution in [0.4, 0.5) is 0 Å². The molecule has 0 unspecified atom stereocenters. The number of hydrogen-bond donors (Lipinski definition) is 1. The maximum Gasteiger partial charge on any atom is 0.273 e. The Morgan fingerprint density at radius 2 is 2.00 bits per heavy atom. The van der Waals surface area contributed by atoms with Crippen LogP contribution in [-0.4, -0.2) is 34.8 Å².